The molecule has 0 spiro atoms. The molecule has 0 aromatic heterocycles. The molecule has 1 aliphatic rings. The number of nitrogens with one attached hydrogen (secondary N) is 4. The molecule has 2 aromatic carbocycles. The van der Waals surface area contributed by atoms with E-state index in [0.717, 1.165) is 0 Å². The van der Waals surface area contributed by atoms with E-state index in [1.807, 2.05) is 6.92 Å². The van der Waals surface area contributed by atoms with Crippen LogP contribution < -0.4 is 31.0 Å². The van der Waals surface area contributed by atoms with Gasteiger partial charge in [-0.25, -0.2) is 9.18 Å². The number of carbonyl (C=O) groups is 3. The van der Waals surface area contributed by atoms with Crippen molar-refractivity contribution in [1.29, 1.82) is 0 Å². The van der Waals surface area contributed by atoms with Crippen LogP contribution >= 0.6 is 0 Å². The smallest absolute Gasteiger partial charge is 0.315 e. The molecule has 0 aliphatic carbocycles. The quantitative estimate of drug-likeness (QED) is 0.486. The average molecular weight is 444 g/mol. The predicted molar refractivity (Wildman–Crippen MR) is 113 cm³/mol. The minimum absolute atomic E-state index is 0.00114. The van der Waals surface area contributed by atoms with E-state index in [2.05, 4.69) is 21.5 Å². The monoisotopic (exact) mass is 444 g/mol. The van der Waals surface area contributed by atoms with Gasteiger partial charge in [-0.1, -0.05) is 37.6 Å². The lowest BCUT2D eigenvalue weighted by molar-refractivity contribution is -0.135. The van der Waals surface area contributed by atoms with Crippen molar-refractivity contribution in [3.63, 3.8) is 0 Å². The number of amides is 4. The molecule has 0 bridgehead atoms. The van der Waals surface area contributed by atoms with Crippen LogP contribution in [0.15, 0.2) is 48.5 Å². The molecular formula is C22H25FN4O5. The third-order valence-electron chi connectivity index (χ3n) is 4.68. The van der Waals surface area contributed by atoms with Crippen LogP contribution in [0.3, 0.4) is 0 Å². The maximum absolute atomic E-state index is 13.0. The summed E-state index contributed by atoms with van der Waals surface area (Å²) in [4.78, 5) is 37.0. The summed E-state index contributed by atoms with van der Waals surface area (Å²) in [5, 5.41) is 5.18. The van der Waals surface area contributed by atoms with Gasteiger partial charge in [0.1, 0.15) is 18.5 Å². The molecule has 0 unspecified atom stereocenters. The molecule has 2 aromatic rings. The van der Waals surface area contributed by atoms with Crippen LogP contribution in [-0.2, 0) is 16.1 Å². The topological polar surface area (TPSA) is 118 Å². The number of para-hydroxylation sites is 2. The molecule has 0 saturated heterocycles. The Morgan fingerprint density at radius 3 is 2.50 bits per heavy atom. The molecule has 3 rings (SSSR count). The number of carbonyl (C=O) groups excluding carboxylic acids is 3. The van der Waals surface area contributed by atoms with Crippen molar-refractivity contribution >= 4 is 17.8 Å². The first-order valence-corrected chi connectivity index (χ1v) is 10.2. The van der Waals surface area contributed by atoms with Crippen LogP contribution in [0.25, 0.3) is 0 Å². The number of fused-ring (bicyclic) bond motifs is 1. The van der Waals surface area contributed by atoms with Gasteiger partial charge in [-0.3, -0.25) is 20.4 Å². The Kier molecular flexibility index (Phi) is 7.85. The average Bonchev–Trinajstić information content (AvgIpc) is 2.81. The number of hydrogen-bond acceptors (Lipinski definition) is 5. The molecule has 2 atom stereocenters. The lowest BCUT2D eigenvalue weighted by atomic mass is 10.1. The second kappa shape index (κ2) is 11.0. The molecule has 32 heavy (non-hydrogen) atoms. The number of ether oxygens (including phenoxy) is 2. The molecule has 10 heteroatoms. The lowest BCUT2D eigenvalue weighted by Gasteiger charge is -2.26. The van der Waals surface area contributed by atoms with Crippen LogP contribution in [0, 0.1) is 5.82 Å². The van der Waals surface area contributed by atoms with E-state index >= 15 is 0 Å². The largest absolute Gasteiger partial charge is 0.485 e. The summed E-state index contributed by atoms with van der Waals surface area (Å²) in [5.41, 5.74) is 5.33. The first-order chi connectivity index (χ1) is 15.5. The van der Waals surface area contributed by atoms with Crippen LogP contribution in [0.1, 0.15) is 25.3 Å². The summed E-state index contributed by atoms with van der Waals surface area (Å²) in [7, 11) is 0. The van der Waals surface area contributed by atoms with Gasteiger partial charge >= 0.3 is 6.03 Å². The highest BCUT2D eigenvalue weighted by molar-refractivity contribution is 5.89. The van der Waals surface area contributed by atoms with Crippen molar-refractivity contribution < 1.29 is 28.2 Å². The van der Waals surface area contributed by atoms with Crippen molar-refractivity contribution in [3.05, 3.63) is 59.9 Å². The van der Waals surface area contributed by atoms with E-state index in [9.17, 15) is 18.8 Å². The number of hydrogen-bond donors (Lipinski definition) is 4. The summed E-state index contributed by atoms with van der Waals surface area (Å²) >= 11 is 0. The predicted octanol–water partition coefficient (Wildman–Crippen LogP) is 1.78. The molecular weight excluding hydrogens is 419 g/mol. The summed E-state index contributed by atoms with van der Waals surface area (Å²) in [6.07, 6.45) is 0.0599. The molecule has 1 heterocycles. The number of benzene rings is 2. The van der Waals surface area contributed by atoms with Crippen molar-refractivity contribution in [1.82, 2.24) is 21.5 Å². The van der Waals surface area contributed by atoms with Gasteiger partial charge in [0.25, 0.3) is 11.8 Å². The maximum atomic E-state index is 13.0. The van der Waals surface area contributed by atoms with E-state index in [1.165, 1.54) is 12.1 Å². The second-order valence-electron chi connectivity index (χ2n) is 7.14. The third-order valence-corrected chi connectivity index (χ3v) is 4.68. The molecule has 9 nitrogen and oxygen atoms in total. The van der Waals surface area contributed by atoms with E-state index in [0.29, 0.717) is 29.9 Å². The van der Waals surface area contributed by atoms with Crippen LogP contribution in [0.2, 0.25) is 0 Å². The Bertz CT molecular complexity index is 954. The zero-order valence-corrected chi connectivity index (χ0v) is 17.5. The van der Waals surface area contributed by atoms with Gasteiger partial charge in [0.05, 0.1) is 0 Å². The molecule has 1 aliphatic heterocycles. The Hall–Kier alpha value is -3.82. The molecule has 4 amide bonds. The van der Waals surface area contributed by atoms with Crippen LogP contribution in [0.4, 0.5) is 9.18 Å². The van der Waals surface area contributed by atoms with Crippen molar-refractivity contribution in [2.24, 2.45) is 0 Å². The van der Waals surface area contributed by atoms with E-state index < -0.39 is 30.0 Å². The fourth-order valence-electron chi connectivity index (χ4n) is 2.99. The van der Waals surface area contributed by atoms with Crippen molar-refractivity contribution in [2.45, 2.75) is 38.5 Å². The molecule has 0 fully saturated rings. The standard InChI is InChI=1S/C22H25FN4O5/c1-2-5-16(25-22(30)24-12-14-8-10-15(23)11-9-14)20(28)26-27-21(29)19-13-31-17-6-3-4-7-18(17)32-19/h3-4,6-11,16,19H,2,5,12-13H2,1H3,(H,26,28)(H,27,29)(H2,24,25,30)/t16-,19+/m1/s1. The summed E-state index contributed by atoms with van der Waals surface area (Å²) in [5.74, 6) is -0.541. The fourth-order valence-corrected chi connectivity index (χ4v) is 2.99. The Labute approximate surface area is 184 Å². The van der Waals surface area contributed by atoms with Crippen LogP contribution in [-0.4, -0.2) is 36.6 Å². The van der Waals surface area contributed by atoms with Gasteiger partial charge in [0.2, 0.25) is 6.10 Å². The number of halogens is 1. The molecule has 0 saturated carbocycles. The molecule has 0 radical (unpaired) electrons. The van der Waals surface area contributed by atoms with E-state index in [4.69, 9.17) is 9.47 Å². The highest BCUT2D eigenvalue weighted by Crippen LogP contribution is 2.30. The fraction of sp³-hybridized carbons (Fsp3) is 0.318. The maximum Gasteiger partial charge on any atom is 0.315 e. The summed E-state index contributed by atoms with van der Waals surface area (Å²) in [6.45, 7) is 2.03. The zero-order chi connectivity index (χ0) is 22.9. The number of urea groups is 1. The van der Waals surface area contributed by atoms with Crippen LogP contribution in [0.5, 0.6) is 11.5 Å². The summed E-state index contributed by atoms with van der Waals surface area (Å²) in [6, 6.07) is 11.2. The Balaban J connectivity index is 1.46. The number of rotatable bonds is 7. The normalized spacial score (nSPS) is 15.2. The van der Waals surface area contributed by atoms with Gasteiger partial charge in [-0.15, -0.1) is 0 Å². The van der Waals surface area contributed by atoms with Crippen molar-refractivity contribution in [2.75, 3.05) is 6.61 Å². The van der Waals surface area contributed by atoms with Gasteiger partial charge < -0.3 is 20.1 Å². The minimum atomic E-state index is -0.929. The minimum Gasteiger partial charge on any atom is -0.485 e. The number of hydrazine groups is 1. The Morgan fingerprint density at radius 2 is 1.78 bits per heavy atom. The van der Waals surface area contributed by atoms with Gasteiger partial charge in [0, 0.05) is 6.54 Å². The third kappa shape index (κ3) is 6.34. The van der Waals surface area contributed by atoms with Gasteiger partial charge in [-0.2, -0.15) is 0 Å². The lowest BCUT2D eigenvalue weighted by Crippen LogP contribution is -2.56. The zero-order valence-electron chi connectivity index (χ0n) is 17.5. The molecule has 4 N–H and O–H groups in total. The first kappa shape index (κ1) is 22.9. The van der Waals surface area contributed by atoms with E-state index in [1.54, 1.807) is 36.4 Å². The summed E-state index contributed by atoms with van der Waals surface area (Å²) < 4.78 is 24.0. The highest BCUT2D eigenvalue weighted by atomic mass is 19.1. The highest BCUT2D eigenvalue weighted by Gasteiger charge is 2.28. The SMILES string of the molecule is CCC[C@@H](NC(=O)NCc1ccc(F)cc1)C(=O)NNC(=O)[C@@H]1COc2ccccc2O1. The molecule has 170 valence electrons. The van der Waals surface area contributed by atoms with Gasteiger partial charge in [-0.05, 0) is 36.2 Å². The van der Waals surface area contributed by atoms with Gasteiger partial charge in [0.15, 0.2) is 11.5 Å². The van der Waals surface area contributed by atoms with Crippen molar-refractivity contribution in [3.8, 4) is 11.5 Å². The second-order valence-corrected chi connectivity index (χ2v) is 7.14. The first-order valence-electron chi connectivity index (χ1n) is 10.2. The Morgan fingerprint density at radius 1 is 1.06 bits per heavy atom. The van der Waals surface area contributed by atoms with E-state index in [-0.39, 0.29) is 19.0 Å².